The van der Waals surface area contributed by atoms with Gasteiger partial charge in [-0.1, -0.05) is 12.1 Å². The first-order chi connectivity index (χ1) is 11.5. The van der Waals surface area contributed by atoms with Gasteiger partial charge in [0.25, 0.3) is 0 Å². The van der Waals surface area contributed by atoms with Crippen LogP contribution in [0.25, 0.3) is 0 Å². The molecule has 2 aromatic rings. The molecule has 0 aliphatic carbocycles. The minimum Gasteiger partial charge on any atom is -0.378 e. The number of aryl methyl sites for hydroxylation is 1. The molecular weight excluding hydrogens is 308 g/mol. The average Bonchev–Trinajstić information content (AvgIpc) is 2.57. The molecule has 0 radical (unpaired) electrons. The quantitative estimate of drug-likeness (QED) is 0.678. The Morgan fingerprint density at radius 3 is 2.46 bits per heavy atom. The third-order valence-electron chi connectivity index (χ3n) is 4.51. The van der Waals surface area contributed by atoms with Crippen molar-refractivity contribution in [3.8, 4) is 0 Å². The summed E-state index contributed by atoms with van der Waals surface area (Å²) in [5.41, 5.74) is 9.18. The third kappa shape index (κ3) is 2.82. The molecule has 1 aliphatic rings. The van der Waals surface area contributed by atoms with Crippen molar-refractivity contribution in [3.63, 3.8) is 0 Å². The van der Waals surface area contributed by atoms with Gasteiger partial charge in [-0.05, 0) is 31.0 Å². The Morgan fingerprint density at radius 2 is 1.79 bits per heavy atom. The average molecular weight is 328 g/mol. The lowest BCUT2D eigenvalue weighted by molar-refractivity contribution is -0.383. The smallest absolute Gasteiger partial charge is 0.353 e. The Labute approximate surface area is 140 Å². The van der Waals surface area contributed by atoms with Crippen molar-refractivity contribution in [3.05, 3.63) is 45.8 Å². The van der Waals surface area contributed by atoms with Crippen LogP contribution in [0.15, 0.2) is 24.5 Å². The maximum Gasteiger partial charge on any atom is 0.353 e. The number of nitrogens with two attached hydrogens (primary N) is 1. The number of nitrogens with zero attached hydrogens (tertiary/aromatic N) is 5. The third-order valence-corrected chi connectivity index (χ3v) is 4.51. The molecule has 2 N–H and O–H groups in total. The summed E-state index contributed by atoms with van der Waals surface area (Å²) in [5.74, 6) is 0.204. The van der Waals surface area contributed by atoms with Crippen molar-refractivity contribution in [2.24, 2.45) is 0 Å². The lowest BCUT2D eigenvalue weighted by atomic mass is 10.1. The van der Waals surface area contributed by atoms with Gasteiger partial charge in [0, 0.05) is 31.9 Å². The van der Waals surface area contributed by atoms with E-state index in [0.717, 1.165) is 13.1 Å². The SMILES string of the molecule is Cc1cccc(N2CCN(c3ncnc(N)c3[N+](=O)[O-])CC2)c1C. The first kappa shape index (κ1) is 16.0. The molecule has 1 aromatic carbocycles. The molecule has 0 bridgehead atoms. The van der Waals surface area contributed by atoms with Crippen LogP contribution in [0, 0.1) is 24.0 Å². The Bertz CT molecular complexity index is 771. The van der Waals surface area contributed by atoms with Crippen molar-refractivity contribution in [1.29, 1.82) is 0 Å². The van der Waals surface area contributed by atoms with E-state index in [1.165, 1.54) is 23.1 Å². The summed E-state index contributed by atoms with van der Waals surface area (Å²) in [5, 5.41) is 11.3. The number of nitro groups is 1. The Morgan fingerprint density at radius 1 is 1.12 bits per heavy atom. The van der Waals surface area contributed by atoms with E-state index < -0.39 is 4.92 Å². The van der Waals surface area contributed by atoms with Gasteiger partial charge in [-0.2, -0.15) is 0 Å². The topological polar surface area (TPSA) is 101 Å². The summed E-state index contributed by atoms with van der Waals surface area (Å²) in [6, 6.07) is 6.27. The van der Waals surface area contributed by atoms with Gasteiger partial charge in [0.15, 0.2) is 0 Å². The van der Waals surface area contributed by atoms with Crippen molar-refractivity contribution in [2.75, 3.05) is 41.7 Å². The monoisotopic (exact) mass is 328 g/mol. The summed E-state index contributed by atoms with van der Waals surface area (Å²) in [6.07, 6.45) is 1.27. The molecular formula is C16H20N6O2. The number of benzene rings is 1. The lowest BCUT2D eigenvalue weighted by Gasteiger charge is -2.37. The standard InChI is InChI=1S/C16H20N6O2/c1-11-4-3-5-13(12(11)2)20-6-8-21(9-7-20)16-14(22(23)24)15(17)18-10-19-16/h3-5,10H,6-9H2,1-2H3,(H2,17,18,19). The van der Waals surface area contributed by atoms with Gasteiger partial charge < -0.3 is 15.5 Å². The largest absolute Gasteiger partial charge is 0.378 e. The molecule has 0 amide bonds. The van der Waals surface area contributed by atoms with Gasteiger partial charge in [-0.3, -0.25) is 10.1 Å². The number of hydrogen-bond acceptors (Lipinski definition) is 7. The Hall–Kier alpha value is -2.90. The van der Waals surface area contributed by atoms with Gasteiger partial charge in [0.2, 0.25) is 11.6 Å². The van der Waals surface area contributed by atoms with Gasteiger partial charge in [-0.15, -0.1) is 0 Å². The molecule has 126 valence electrons. The molecule has 1 saturated heterocycles. The van der Waals surface area contributed by atoms with E-state index in [1.807, 2.05) is 4.90 Å². The maximum absolute atomic E-state index is 11.3. The van der Waals surface area contributed by atoms with E-state index >= 15 is 0 Å². The molecule has 8 heteroatoms. The van der Waals surface area contributed by atoms with Crippen LogP contribution in [-0.2, 0) is 0 Å². The van der Waals surface area contributed by atoms with E-state index in [1.54, 1.807) is 0 Å². The number of aromatic nitrogens is 2. The van der Waals surface area contributed by atoms with Crippen molar-refractivity contribution >= 4 is 23.0 Å². The molecule has 1 aliphatic heterocycles. The van der Waals surface area contributed by atoms with Crippen LogP contribution >= 0.6 is 0 Å². The van der Waals surface area contributed by atoms with Crippen LogP contribution in [-0.4, -0.2) is 41.1 Å². The maximum atomic E-state index is 11.3. The lowest BCUT2D eigenvalue weighted by Crippen LogP contribution is -2.47. The molecule has 1 aromatic heterocycles. The zero-order valence-corrected chi connectivity index (χ0v) is 13.8. The number of hydrogen-bond donors (Lipinski definition) is 1. The molecule has 1 fully saturated rings. The van der Waals surface area contributed by atoms with Gasteiger partial charge in [0.05, 0.1) is 4.92 Å². The summed E-state index contributed by atoms with van der Waals surface area (Å²) in [6.45, 7) is 7.04. The first-order valence-electron chi connectivity index (χ1n) is 7.80. The predicted molar refractivity (Wildman–Crippen MR) is 93.4 cm³/mol. The number of anilines is 3. The fourth-order valence-electron chi connectivity index (χ4n) is 3.03. The summed E-state index contributed by atoms with van der Waals surface area (Å²) in [4.78, 5) is 22.8. The van der Waals surface area contributed by atoms with Crippen molar-refractivity contribution in [1.82, 2.24) is 9.97 Å². The second-order valence-electron chi connectivity index (χ2n) is 5.88. The highest BCUT2D eigenvalue weighted by molar-refractivity contribution is 5.69. The van der Waals surface area contributed by atoms with Crippen LogP contribution in [0.2, 0.25) is 0 Å². The predicted octanol–water partition coefficient (Wildman–Crippen LogP) is 1.91. The van der Waals surface area contributed by atoms with Crippen LogP contribution in [0.5, 0.6) is 0 Å². The highest BCUT2D eigenvalue weighted by atomic mass is 16.6. The number of nitrogen functional groups attached to an aromatic ring is 1. The zero-order valence-electron chi connectivity index (χ0n) is 13.8. The van der Waals surface area contributed by atoms with E-state index in [0.29, 0.717) is 18.9 Å². The molecule has 3 rings (SSSR count). The molecule has 0 unspecified atom stereocenters. The molecule has 0 spiro atoms. The minimum atomic E-state index is -0.512. The normalized spacial score (nSPS) is 14.8. The van der Waals surface area contributed by atoms with Crippen LogP contribution in [0.4, 0.5) is 23.0 Å². The van der Waals surface area contributed by atoms with Crippen molar-refractivity contribution < 1.29 is 4.92 Å². The molecule has 2 heterocycles. The van der Waals surface area contributed by atoms with Gasteiger partial charge >= 0.3 is 5.69 Å². The molecule has 0 saturated carbocycles. The Balaban J connectivity index is 1.80. The van der Waals surface area contributed by atoms with Crippen LogP contribution in [0.3, 0.4) is 0 Å². The van der Waals surface area contributed by atoms with E-state index in [-0.39, 0.29) is 11.5 Å². The minimum absolute atomic E-state index is 0.0954. The second kappa shape index (κ2) is 6.31. The number of piperazine rings is 1. The van der Waals surface area contributed by atoms with Crippen LogP contribution in [0.1, 0.15) is 11.1 Å². The summed E-state index contributed by atoms with van der Waals surface area (Å²) >= 11 is 0. The highest BCUT2D eigenvalue weighted by Crippen LogP contribution is 2.31. The van der Waals surface area contributed by atoms with E-state index in [2.05, 4.69) is 46.9 Å². The van der Waals surface area contributed by atoms with E-state index in [4.69, 9.17) is 5.73 Å². The zero-order chi connectivity index (χ0) is 17.3. The molecule has 0 atom stereocenters. The summed E-state index contributed by atoms with van der Waals surface area (Å²) < 4.78 is 0. The first-order valence-corrected chi connectivity index (χ1v) is 7.80. The molecule has 8 nitrogen and oxygen atoms in total. The molecule has 24 heavy (non-hydrogen) atoms. The second-order valence-corrected chi connectivity index (χ2v) is 5.88. The summed E-state index contributed by atoms with van der Waals surface area (Å²) in [7, 11) is 0. The number of rotatable bonds is 3. The fourth-order valence-corrected chi connectivity index (χ4v) is 3.03. The van der Waals surface area contributed by atoms with Crippen molar-refractivity contribution in [2.45, 2.75) is 13.8 Å². The van der Waals surface area contributed by atoms with Gasteiger partial charge in [-0.25, -0.2) is 9.97 Å². The van der Waals surface area contributed by atoms with Crippen LogP contribution < -0.4 is 15.5 Å². The van der Waals surface area contributed by atoms with E-state index in [9.17, 15) is 10.1 Å². The Kier molecular flexibility index (Phi) is 4.20. The fraction of sp³-hybridized carbons (Fsp3) is 0.375. The van der Waals surface area contributed by atoms with Gasteiger partial charge in [0.1, 0.15) is 6.33 Å². The highest BCUT2D eigenvalue weighted by Gasteiger charge is 2.28.